The fraction of sp³-hybridized carbons (Fsp3) is 0.167. The average molecular weight is 489 g/mol. The van der Waals surface area contributed by atoms with Crippen molar-refractivity contribution in [2.45, 2.75) is 12.3 Å². The van der Waals surface area contributed by atoms with Gasteiger partial charge in [0.15, 0.2) is 0 Å². The van der Waals surface area contributed by atoms with Crippen LogP contribution >= 0.6 is 11.3 Å². The Morgan fingerprint density at radius 2 is 2.17 bits per heavy atom. The van der Waals surface area contributed by atoms with Crippen LogP contribution in [-0.4, -0.2) is 36.5 Å². The number of carbonyl (C=O) groups is 1. The molecule has 0 saturated heterocycles. The lowest BCUT2D eigenvalue weighted by Gasteiger charge is -2.25. The Morgan fingerprint density at radius 1 is 1.31 bits per heavy atom. The zero-order valence-electron chi connectivity index (χ0n) is 18.6. The standard InChI is InChI=1S/C24H24N8O2S/c25-18(13-29-32-26)21(14-27-11-15-7-8-23(33)28-12-15)31-24(34)17-10-20(22-6-3-9-35-22)30-19-5-2-1-4-16(17)19/h1-10,12,14,20,23,28,30,33H,11,13,25H2,(H,31,34). The first kappa shape index (κ1) is 23.8. The van der Waals surface area contributed by atoms with Crippen LogP contribution in [0.15, 0.2) is 93.3 Å². The molecule has 0 bridgehead atoms. The van der Waals surface area contributed by atoms with Crippen LogP contribution in [-0.2, 0) is 4.79 Å². The van der Waals surface area contributed by atoms with Gasteiger partial charge in [-0.2, -0.15) is 0 Å². The highest BCUT2D eigenvalue weighted by Crippen LogP contribution is 2.36. The van der Waals surface area contributed by atoms with Gasteiger partial charge in [0, 0.05) is 44.7 Å². The third-order valence-electron chi connectivity index (χ3n) is 5.28. The van der Waals surface area contributed by atoms with E-state index in [9.17, 15) is 9.90 Å². The van der Waals surface area contributed by atoms with E-state index in [2.05, 4.69) is 31.0 Å². The predicted octanol–water partition coefficient (Wildman–Crippen LogP) is 3.33. The summed E-state index contributed by atoms with van der Waals surface area (Å²) in [6, 6.07) is 11.4. The summed E-state index contributed by atoms with van der Waals surface area (Å²) >= 11 is 1.60. The highest BCUT2D eigenvalue weighted by Gasteiger charge is 2.25. The summed E-state index contributed by atoms with van der Waals surface area (Å²) in [7, 11) is 0. The van der Waals surface area contributed by atoms with E-state index >= 15 is 0 Å². The number of aliphatic hydroxyl groups is 1. The SMILES string of the molecule is [N-]=[N+]=NCC(N)=C(C=NCC1=CNC(O)C=C1)NC(=O)C1=CC(c2cccs2)Nc2ccccc21. The van der Waals surface area contributed by atoms with Crippen molar-refractivity contribution in [3.05, 3.63) is 104 Å². The monoisotopic (exact) mass is 488 g/mol. The molecule has 1 amide bonds. The van der Waals surface area contributed by atoms with Crippen LogP contribution in [0.3, 0.4) is 0 Å². The van der Waals surface area contributed by atoms with E-state index in [0.717, 1.165) is 21.7 Å². The van der Waals surface area contributed by atoms with Gasteiger partial charge < -0.3 is 26.8 Å². The van der Waals surface area contributed by atoms with Crippen molar-refractivity contribution in [2.24, 2.45) is 15.8 Å². The Morgan fingerprint density at radius 3 is 2.91 bits per heavy atom. The number of benzene rings is 1. The fourth-order valence-corrected chi connectivity index (χ4v) is 4.30. The summed E-state index contributed by atoms with van der Waals surface area (Å²) in [6.07, 6.45) is 7.63. The number of allylic oxidation sites excluding steroid dienone is 1. The van der Waals surface area contributed by atoms with E-state index in [-0.39, 0.29) is 29.9 Å². The summed E-state index contributed by atoms with van der Waals surface area (Å²) < 4.78 is 0. The molecule has 0 aliphatic carbocycles. The van der Waals surface area contributed by atoms with E-state index in [1.807, 2.05) is 47.9 Å². The molecule has 0 radical (unpaired) electrons. The van der Waals surface area contributed by atoms with E-state index in [1.165, 1.54) is 6.21 Å². The van der Waals surface area contributed by atoms with E-state index in [4.69, 9.17) is 11.3 Å². The second kappa shape index (κ2) is 11.2. The number of hydrogen-bond donors (Lipinski definition) is 5. The Bertz CT molecular complexity index is 1290. The van der Waals surface area contributed by atoms with Gasteiger partial charge in [-0.3, -0.25) is 9.79 Å². The Balaban J connectivity index is 1.59. The van der Waals surface area contributed by atoms with Crippen molar-refractivity contribution in [1.82, 2.24) is 10.6 Å². The number of dihydropyridines is 1. The number of rotatable bonds is 8. The molecule has 1 aromatic heterocycles. The molecule has 178 valence electrons. The van der Waals surface area contributed by atoms with Crippen molar-refractivity contribution in [1.29, 1.82) is 0 Å². The second-order valence-electron chi connectivity index (χ2n) is 7.71. The molecule has 4 rings (SSSR count). The molecule has 2 aromatic rings. The first-order valence-electron chi connectivity index (χ1n) is 10.8. The summed E-state index contributed by atoms with van der Waals surface area (Å²) in [5, 5.41) is 24.0. The van der Waals surface area contributed by atoms with Crippen LogP contribution in [0.4, 0.5) is 5.69 Å². The van der Waals surface area contributed by atoms with E-state index in [0.29, 0.717) is 12.1 Å². The molecule has 3 heterocycles. The first-order valence-corrected chi connectivity index (χ1v) is 11.7. The number of anilines is 1. The van der Waals surface area contributed by atoms with Crippen LogP contribution in [0.5, 0.6) is 0 Å². The van der Waals surface area contributed by atoms with Gasteiger partial charge in [0.1, 0.15) is 6.23 Å². The van der Waals surface area contributed by atoms with Gasteiger partial charge in [-0.25, -0.2) is 0 Å². The van der Waals surface area contributed by atoms with Crippen LogP contribution in [0, 0.1) is 0 Å². The van der Waals surface area contributed by atoms with Gasteiger partial charge in [-0.05, 0) is 40.8 Å². The van der Waals surface area contributed by atoms with Crippen molar-refractivity contribution in [3.63, 3.8) is 0 Å². The average Bonchev–Trinajstić information content (AvgIpc) is 3.42. The number of nitrogens with zero attached hydrogens (tertiary/aromatic N) is 4. The van der Waals surface area contributed by atoms with Gasteiger partial charge in [0.05, 0.1) is 24.8 Å². The smallest absolute Gasteiger partial charge is 0.256 e. The number of azide groups is 1. The minimum atomic E-state index is -0.726. The maximum Gasteiger partial charge on any atom is 0.256 e. The maximum absolute atomic E-state index is 13.4. The Labute approximate surface area is 205 Å². The summed E-state index contributed by atoms with van der Waals surface area (Å²) in [5.41, 5.74) is 18.2. The van der Waals surface area contributed by atoms with Crippen molar-refractivity contribution < 1.29 is 9.90 Å². The van der Waals surface area contributed by atoms with Gasteiger partial charge in [0.25, 0.3) is 5.91 Å². The minimum Gasteiger partial charge on any atom is -0.400 e. The molecular weight excluding hydrogens is 464 g/mol. The van der Waals surface area contributed by atoms with Crippen LogP contribution in [0.2, 0.25) is 0 Å². The minimum absolute atomic E-state index is 0.122. The van der Waals surface area contributed by atoms with Gasteiger partial charge in [-0.1, -0.05) is 35.5 Å². The Hall–Kier alpha value is -4.31. The zero-order valence-corrected chi connectivity index (χ0v) is 19.4. The molecule has 2 aliphatic heterocycles. The maximum atomic E-state index is 13.4. The number of para-hydroxylation sites is 1. The normalized spacial score (nSPS) is 19.3. The van der Waals surface area contributed by atoms with E-state index < -0.39 is 6.23 Å². The molecule has 2 unspecified atom stereocenters. The number of fused-ring (bicyclic) bond motifs is 1. The zero-order chi connectivity index (χ0) is 24.6. The third kappa shape index (κ3) is 5.98. The molecule has 6 N–H and O–H groups in total. The molecular formula is C24H24N8O2S. The van der Waals surface area contributed by atoms with Gasteiger partial charge in [-0.15, -0.1) is 11.3 Å². The Kier molecular flexibility index (Phi) is 7.63. The van der Waals surface area contributed by atoms with Crippen LogP contribution in [0.1, 0.15) is 16.5 Å². The topological polar surface area (TPSA) is 161 Å². The summed E-state index contributed by atoms with van der Waals surface area (Å²) in [5.74, 6) is -0.354. The molecule has 0 spiro atoms. The number of aliphatic imine (C=N–C) groups is 1. The van der Waals surface area contributed by atoms with Crippen molar-refractivity contribution in [3.8, 4) is 0 Å². The predicted molar refractivity (Wildman–Crippen MR) is 138 cm³/mol. The number of nitrogens with one attached hydrogen (secondary N) is 3. The third-order valence-corrected chi connectivity index (χ3v) is 6.24. The highest BCUT2D eigenvalue weighted by atomic mass is 32.1. The number of thiophene rings is 1. The number of amides is 1. The highest BCUT2D eigenvalue weighted by molar-refractivity contribution is 7.10. The molecule has 10 nitrogen and oxygen atoms in total. The molecule has 1 aromatic carbocycles. The number of aliphatic hydroxyl groups excluding tert-OH is 1. The van der Waals surface area contributed by atoms with Gasteiger partial charge in [0.2, 0.25) is 0 Å². The second-order valence-corrected chi connectivity index (χ2v) is 8.68. The lowest BCUT2D eigenvalue weighted by Crippen LogP contribution is -2.30. The largest absolute Gasteiger partial charge is 0.400 e. The first-order chi connectivity index (χ1) is 17.0. The number of carbonyl (C=O) groups excluding carboxylic acids is 1. The lowest BCUT2D eigenvalue weighted by molar-refractivity contribution is -0.114. The lowest BCUT2D eigenvalue weighted by atomic mass is 9.95. The molecule has 0 saturated carbocycles. The van der Waals surface area contributed by atoms with Gasteiger partial charge >= 0.3 is 0 Å². The summed E-state index contributed by atoms with van der Waals surface area (Å²) in [4.78, 5) is 21.6. The number of hydrogen-bond acceptors (Lipinski definition) is 8. The van der Waals surface area contributed by atoms with Crippen molar-refractivity contribution >= 4 is 34.7 Å². The fourth-order valence-electron chi connectivity index (χ4n) is 3.56. The molecule has 0 fully saturated rings. The molecule has 35 heavy (non-hydrogen) atoms. The van der Waals surface area contributed by atoms with Crippen LogP contribution < -0.4 is 21.7 Å². The van der Waals surface area contributed by atoms with Crippen molar-refractivity contribution in [2.75, 3.05) is 18.4 Å². The van der Waals surface area contributed by atoms with E-state index in [1.54, 1.807) is 29.7 Å². The molecule has 11 heteroatoms. The summed E-state index contributed by atoms with van der Waals surface area (Å²) in [6.45, 7) is 0.170. The number of nitrogens with two attached hydrogens (primary N) is 1. The molecule has 2 aliphatic rings. The quantitative estimate of drug-likeness (QED) is 0.166. The van der Waals surface area contributed by atoms with Crippen LogP contribution in [0.25, 0.3) is 16.0 Å². The molecule has 2 atom stereocenters.